The van der Waals surface area contributed by atoms with E-state index in [1.165, 1.54) is 0 Å². The summed E-state index contributed by atoms with van der Waals surface area (Å²) in [6.07, 6.45) is 8.12. The van der Waals surface area contributed by atoms with E-state index in [-0.39, 0.29) is 0 Å². The third-order valence-corrected chi connectivity index (χ3v) is 5.97. The Morgan fingerprint density at radius 3 is 2.94 bits per heavy atom. The summed E-state index contributed by atoms with van der Waals surface area (Å²) in [5.41, 5.74) is 2.89. The first-order valence-electron chi connectivity index (χ1n) is 11.4. The van der Waals surface area contributed by atoms with Crippen LogP contribution in [0.1, 0.15) is 18.4 Å². The number of rotatable bonds is 8. The average Bonchev–Trinajstić information content (AvgIpc) is 3.29. The standard InChI is InChI=1S/C27H26N4O3/c1-32-24-16-20-15-21(18-28)27(29-22-9-8-19-7-5-13-34-26(19)22)30-23(20)17-25(24)33-14-6-12-31-10-3-2-4-11-31/h2-3,5,7-9,13,15-17H,4,6,10-12,14H2,1H3,(H,29,30). The molecule has 7 nitrogen and oxygen atoms in total. The molecule has 5 rings (SSSR count). The summed E-state index contributed by atoms with van der Waals surface area (Å²) in [5.74, 6) is 2.46. The number of aromatic nitrogens is 1. The van der Waals surface area contributed by atoms with Gasteiger partial charge in [0.05, 0.1) is 36.7 Å². The fourth-order valence-corrected chi connectivity index (χ4v) is 4.22. The van der Waals surface area contributed by atoms with Crippen molar-refractivity contribution in [2.45, 2.75) is 12.8 Å². The predicted octanol–water partition coefficient (Wildman–Crippen LogP) is 5.59. The monoisotopic (exact) mass is 454 g/mol. The molecule has 1 aliphatic carbocycles. The van der Waals surface area contributed by atoms with E-state index in [1.807, 2.05) is 42.5 Å². The van der Waals surface area contributed by atoms with Gasteiger partial charge in [-0.25, -0.2) is 4.98 Å². The lowest BCUT2D eigenvalue weighted by Gasteiger charge is -2.22. The van der Waals surface area contributed by atoms with E-state index in [9.17, 15) is 5.26 Å². The van der Waals surface area contributed by atoms with E-state index in [0.29, 0.717) is 35.0 Å². The van der Waals surface area contributed by atoms with Crippen LogP contribution in [0.3, 0.4) is 0 Å². The second-order valence-corrected chi connectivity index (χ2v) is 8.22. The lowest BCUT2D eigenvalue weighted by Crippen LogP contribution is -2.29. The van der Waals surface area contributed by atoms with Crippen LogP contribution in [0.25, 0.3) is 22.2 Å². The van der Waals surface area contributed by atoms with Crippen LogP contribution in [-0.4, -0.2) is 43.2 Å². The number of fused-ring (bicyclic) bond motifs is 2. The van der Waals surface area contributed by atoms with Crippen LogP contribution >= 0.6 is 0 Å². The number of anilines is 2. The highest BCUT2D eigenvalue weighted by molar-refractivity contribution is 5.88. The molecular formula is C27H26N4O3. The van der Waals surface area contributed by atoms with E-state index in [0.717, 1.165) is 54.9 Å². The summed E-state index contributed by atoms with van der Waals surface area (Å²) in [6.45, 7) is 3.69. The van der Waals surface area contributed by atoms with Crippen molar-refractivity contribution < 1.29 is 13.9 Å². The first-order chi connectivity index (χ1) is 16.7. The molecule has 0 amide bonds. The van der Waals surface area contributed by atoms with Crippen molar-refractivity contribution in [1.82, 2.24) is 9.88 Å². The van der Waals surface area contributed by atoms with Gasteiger partial charge < -0.3 is 19.2 Å². The van der Waals surface area contributed by atoms with Gasteiger partial charge in [0.2, 0.25) is 0 Å². The van der Waals surface area contributed by atoms with Crippen LogP contribution in [0.5, 0.6) is 11.5 Å². The molecule has 1 aromatic carbocycles. The van der Waals surface area contributed by atoms with Gasteiger partial charge in [0.25, 0.3) is 0 Å². The molecule has 0 saturated carbocycles. The van der Waals surface area contributed by atoms with Crippen LogP contribution in [0.2, 0.25) is 0 Å². The minimum Gasteiger partial charge on any atom is -0.493 e. The first-order valence-corrected chi connectivity index (χ1v) is 11.4. The number of benzene rings is 1. The summed E-state index contributed by atoms with van der Waals surface area (Å²) in [7, 11) is 1.62. The molecule has 3 heterocycles. The number of nitriles is 1. The second-order valence-electron chi connectivity index (χ2n) is 8.22. The average molecular weight is 455 g/mol. The largest absolute Gasteiger partial charge is 0.493 e. The Kier molecular flexibility index (Phi) is 6.32. The second kappa shape index (κ2) is 9.86. The maximum atomic E-state index is 9.73. The van der Waals surface area contributed by atoms with Crippen LogP contribution in [0, 0.1) is 11.3 Å². The molecule has 0 bridgehead atoms. The van der Waals surface area contributed by atoms with Crippen molar-refractivity contribution in [1.29, 1.82) is 5.26 Å². The molecule has 172 valence electrons. The van der Waals surface area contributed by atoms with Gasteiger partial charge in [-0.3, -0.25) is 4.90 Å². The Morgan fingerprint density at radius 2 is 2.12 bits per heavy atom. The van der Waals surface area contributed by atoms with Crippen LogP contribution in [0.4, 0.5) is 11.5 Å². The summed E-state index contributed by atoms with van der Waals surface area (Å²) >= 11 is 0. The molecule has 3 aliphatic rings. The Bertz CT molecular complexity index is 1340. The molecule has 0 unspecified atom stereocenters. The smallest absolute Gasteiger partial charge is 0.163 e. The quantitative estimate of drug-likeness (QED) is 0.274. The number of nitrogens with one attached hydrogen (secondary N) is 1. The van der Waals surface area contributed by atoms with Crippen LogP contribution in [-0.2, 0) is 0 Å². The van der Waals surface area contributed by atoms with Gasteiger partial charge in [-0.2, -0.15) is 5.26 Å². The molecule has 7 heteroatoms. The van der Waals surface area contributed by atoms with Crippen LogP contribution < -0.4 is 14.8 Å². The zero-order valence-corrected chi connectivity index (χ0v) is 19.1. The van der Waals surface area contributed by atoms with E-state index in [4.69, 9.17) is 18.9 Å². The Labute approximate surface area is 198 Å². The molecule has 34 heavy (non-hydrogen) atoms. The Balaban J connectivity index is 1.37. The highest BCUT2D eigenvalue weighted by Gasteiger charge is 2.16. The highest BCUT2D eigenvalue weighted by Crippen LogP contribution is 2.36. The number of nitrogens with zero attached hydrogens (tertiary/aromatic N) is 3. The SMILES string of the molecule is COc1cc2cc(C#N)c(Nc3ccc4cccoc3-4)nc2cc1OCCCN1CC=CCC1. The van der Waals surface area contributed by atoms with Gasteiger partial charge in [-0.05, 0) is 49.2 Å². The van der Waals surface area contributed by atoms with Crippen molar-refractivity contribution in [2.24, 2.45) is 0 Å². The molecule has 0 fully saturated rings. The van der Waals surface area contributed by atoms with Gasteiger partial charge in [-0.15, -0.1) is 0 Å². The van der Waals surface area contributed by atoms with Crippen molar-refractivity contribution >= 4 is 22.4 Å². The molecule has 0 radical (unpaired) electrons. The number of hydrogen-bond acceptors (Lipinski definition) is 7. The number of pyridine rings is 1. The zero-order valence-electron chi connectivity index (χ0n) is 19.1. The minimum atomic E-state index is 0.434. The Morgan fingerprint density at radius 1 is 1.18 bits per heavy atom. The lowest BCUT2D eigenvalue weighted by atomic mass is 10.1. The maximum absolute atomic E-state index is 9.73. The molecule has 2 aliphatic heterocycles. The molecule has 0 spiro atoms. The number of hydrogen-bond donors (Lipinski definition) is 1. The van der Waals surface area contributed by atoms with Gasteiger partial charge in [0.15, 0.2) is 17.3 Å². The molecule has 1 N–H and O–H groups in total. The molecular weight excluding hydrogens is 428 g/mol. The van der Waals surface area contributed by atoms with Gasteiger partial charge in [0, 0.05) is 36.7 Å². The fourth-order valence-electron chi connectivity index (χ4n) is 4.22. The summed E-state index contributed by atoms with van der Waals surface area (Å²) in [4.78, 5) is 7.16. The van der Waals surface area contributed by atoms with E-state index in [2.05, 4.69) is 28.4 Å². The lowest BCUT2D eigenvalue weighted by molar-refractivity contribution is 0.241. The normalized spacial score (nSPS) is 13.8. The number of ether oxygens (including phenoxy) is 2. The summed E-state index contributed by atoms with van der Waals surface area (Å²) in [6, 6.07) is 15.5. The van der Waals surface area contributed by atoms with E-state index >= 15 is 0 Å². The Hall–Kier alpha value is -4.02. The summed E-state index contributed by atoms with van der Waals surface area (Å²) < 4.78 is 17.3. The maximum Gasteiger partial charge on any atom is 0.163 e. The third-order valence-electron chi connectivity index (χ3n) is 5.97. The topological polar surface area (TPSA) is 83.5 Å². The first kappa shape index (κ1) is 21.8. The predicted molar refractivity (Wildman–Crippen MR) is 132 cm³/mol. The number of methoxy groups -OCH3 is 1. The molecule has 0 atom stereocenters. The van der Waals surface area contributed by atoms with Crippen LogP contribution in [0.15, 0.2) is 65.3 Å². The van der Waals surface area contributed by atoms with Gasteiger partial charge in [0.1, 0.15) is 11.9 Å². The third kappa shape index (κ3) is 4.54. The van der Waals surface area contributed by atoms with Crippen molar-refractivity contribution in [2.75, 3.05) is 38.7 Å². The van der Waals surface area contributed by atoms with Gasteiger partial charge >= 0.3 is 0 Å². The van der Waals surface area contributed by atoms with Crippen molar-refractivity contribution in [3.63, 3.8) is 0 Å². The van der Waals surface area contributed by atoms with E-state index < -0.39 is 0 Å². The fraction of sp³-hybridized carbons (Fsp3) is 0.259. The molecule has 1 aromatic heterocycles. The van der Waals surface area contributed by atoms with Crippen molar-refractivity contribution in [3.05, 3.63) is 66.4 Å². The zero-order chi connectivity index (χ0) is 23.3. The molecule has 0 saturated heterocycles. The van der Waals surface area contributed by atoms with E-state index in [1.54, 1.807) is 13.4 Å². The van der Waals surface area contributed by atoms with Gasteiger partial charge in [-0.1, -0.05) is 12.2 Å². The van der Waals surface area contributed by atoms with Crippen molar-refractivity contribution in [3.8, 4) is 28.9 Å². The minimum absolute atomic E-state index is 0.434. The summed E-state index contributed by atoms with van der Waals surface area (Å²) in [5, 5.41) is 13.8. The molecule has 2 aromatic rings. The highest BCUT2D eigenvalue weighted by atomic mass is 16.5.